The fourth-order valence-corrected chi connectivity index (χ4v) is 4.83. The summed E-state index contributed by atoms with van der Waals surface area (Å²) in [6, 6.07) is 6.80. The molecule has 0 aromatic heterocycles. The predicted octanol–water partition coefficient (Wildman–Crippen LogP) is 0.853. The van der Waals surface area contributed by atoms with E-state index >= 15 is 0 Å². The summed E-state index contributed by atoms with van der Waals surface area (Å²) in [5, 5.41) is 11.2. The Morgan fingerprint density at radius 3 is 1.05 bits per heavy atom. The normalized spacial score (nSPS) is 12.4. The number of rotatable bonds is 43. The van der Waals surface area contributed by atoms with Crippen LogP contribution in [0.3, 0.4) is 0 Å². The average molecular weight is 833 g/mol. The molecule has 0 aliphatic carbocycles. The van der Waals surface area contributed by atoms with Crippen LogP contribution in [0.25, 0.3) is 0 Å². The van der Waals surface area contributed by atoms with Gasteiger partial charge in [0.15, 0.2) is 0 Å². The first-order valence-electron chi connectivity index (χ1n) is 19.9. The number of hydrogen-bond acceptors (Lipinski definition) is 16. The number of benzene rings is 1. The van der Waals surface area contributed by atoms with Crippen molar-refractivity contribution in [2.24, 2.45) is 0 Å². The molecule has 332 valence electrons. The van der Waals surface area contributed by atoms with Gasteiger partial charge < -0.3 is 67.3 Å². The van der Waals surface area contributed by atoms with Gasteiger partial charge in [0.25, 0.3) is 11.8 Å². The maximum absolute atomic E-state index is 12.3. The summed E-state index contributed by atoms with van der Waals surface area (Å²) in [6.45, 7) is 11.3. The number of carbonyl (C=O) groups excluding carboxylic acids is 3. The molecule has 2 rings (SSSR count). The van der Waals surface area contributed by atoms with Crippen molar-refractivity contribution in [2.45, 2.75) is 19.3 Å². The number of nitrogens with zero attached hydrogens (tertiary/aromatic N) is 1. The number of ether oxygens (including phenoxy) is 12. The predicted molar refractivity (Wildman–Crippen MR) is 206 cm³/mol. The SMILES string of the molecule is O=C(O)CCC(=O)NCCCOCCOCCOCCOCCOCCOCCOCCOCCOCCOCCOCCOCCN1C(=O)c2ccccc2C1=O. The number of fused-ring (bicyclic) bond motifs is 1. The van der Waals surface area contributed by atoms with Crippen LogP contribution in [0.1, 0.15) is 40.0 Å². The van der Waals surface area contributed by atoms with Crippen LogP contribution in [-0.4, -0.2) is 205 Å². The van der Waals surface area contributed by atoms with Crippen LogP contribution in [0.15, 0.2) is 24.3 Å². The average Bonchev–Trinajstić information content (AvgIpc) is 3.46. The van der Waals surface area contributed by atoms with Crippen molar-refractivity contribution in [1.29, 1.82) is 0 Å². The first kappa shape index (κ1) is 51.0. The molecule has 0 radical (unpaired) electrons. The van der Waals surface area contributed by atoms with Gasteiger partial charge in [0.05, 0.1) is 176 Å². The van der Waals surface area contributed by atoms with Crippen molar-refractivity contribution < 1.29 is 81.1 Å². The molecule has 1 aromatic rings. The lowest BCUT2D eigenvalue weighted by atomic mass is 10.1. The Hall–Kier alpha value is -3.18. The van der Waals surface area contributed by atoms with E-state index in [2.05, 4.69) is 5.32 Å². The molecule has 1 aliphatic rings. The molecule has 1 heterocycles. The van der Waals surface area contributed by atoms with E-state index in [0.29, 0.717) is 176 Å². The molecule has 19 heteroatoms. The van der Waals surface area contributed by atoms with Gasteiger partial charge in [-0.15, -0.1) is 0 Å². The van der Waals surface area contributed by atoms with Crippen LogP contribution < -0.4 is 5.32 Å². The van der Waals surface area contributed by atoms with Crippen molar-refractivity contribution in [3.63, 3.8) is 0 Å². The zero-order valence-electron chi connectivity index (χ0n) is 33.7. The molecule has 58 heavy (non-hydrogen) atoms. The molecule has 19 nitrogen and oxygen atoms in total. The third-order valence-electron chi connectivity index (χ3n) is 7.78. The van der Waals surface area contributed by atoms with E-state index in [-0.39, 0.29) is 43.7 Å². The molecule has 2 N–H and O–H groups in total. The van der Waals surface area contributed by atoms with Gasteiger partial charge in [-0.3, -0.25) is 24.1 Å². The molecule has 1 aliphatic heterocycles. The second-order valence-corrected chi connectivity index (χ2v) is 12.3. The molecular formula is C39H64N2O17. The van der Waals surface area contributed by atoms with Crippen LogP contribution in [-0.2, 0) is 66.4 Å². The Morgan fingerprint density at radius 1 is 0.448 bits per heavy atom. The topological polar surface area (TPSA) is 215 Å². The lowest BCUT2D eigenvalue weighted by Crippen LogP contribution is -2.33. The van der Waals surface area contributed by atoms with Gasteiger partial charge in [-0.25, -0.2) is 0 Å². The van der Waals surface area contributed by atoms with Gasteiger partial charge >= 0.3 is 5.97 Å². The highest BCUT2D eigenvalue weighted by Gasteiger charge is 2.34. The van der Waals surface area contributed by atoms with Crippen LogP contribution in [0.5, 0.6) is 0 Å². The Kier molecular flexibility index (Phi) is 32.4. The molecule has 0 atom stereocenters. The maximum Gasteiger partial charge on any atom is 0.303 e. The van der Waals surface area contributed by atoms with Crippen LogP contribution >= 0.6 is 0 Å². The van der Waals surface area contributed by atoms with E-state index in [4.69, 9.17) is 61.9 Å². The van der Waals surface area contributed by atoms with Gasteiger partial charge in [0.2, 0.25) is 5.91 Å². The molecule has 0 bridgehead atoms. The van der Waals surface area contributed by atoms with E-state index in [0.717, 1.165) is 0 Å². The third-order valence-corrected chi connectivity index (χ3v) is 7.78. The molecule has 1 aromatic carbocycles. The van der Waals surface area contributed by atoms with Crippen molar-refractivity contribution in [2.75, 3.05) is 172 Å². The molecule has 0 saturated heterocycles. The number of imide groups is 1. The van der Waals surface area contributed by atoms with Crippen molar-refractivity contribution >= 4 is 23.7 Å². The highest BCUT2D eigenvalue weighted by Crippen LogP contribution is 2.21. The fraction of sp³-hybridized carbons (Fsp3) is 0.744. The van der Waals surface area contributed by atoms with Gasteiger partial charge in [0.1, 0.15) is 0 Å². The minimum Gasteiger partial charge on any atom is -0.481 e. The molecule has 3 amide bonds. The maximum atomic E-state index is 12.3. The third kappa shape index (κ3) is 27.5. The Bertz CT molecular complexity index is 1180. The van der Waals surface area contributed by atoms with Crippen LogP contribution in [0.2, 0.25) is 0 Å². The van der Waals surface area contributed by atoms with E-state index in [9.17, 15) is 19.2 Å². The van der Waals surface area contributed by atoms with Crippen molar-refractivity contribution in [3.8, 4) is 0 Å². The zero-order chi connectivity index (χ0) is 41.6. The van der Waals surface area contributed by atoms with E-state index in [1.807, 2.05) is 0 Å². The summed E-state index contributed by atoms with van der Waals surface area (Å²) in [6.07, 6.45) is 0.456. The summed E-state index contributed by atoms with van der Waals surface area (Å²) in [4.78, 5) is 47.6. The number of carboxylic acid groups (broad SMARTS) is 1. The van der Waals surface area contributed by atoms with Crippen molar-refractivity contribution in [3.05, 3.63) is 35.4 Å². The lowest BCUT2D eigenvalue weighted by molar-refractivity contribution is -0.138. The van der Waals surface area contributed by atoms with Crippen molar-refractivity contribution in [1.82, 2.24) is 10.2 Å². The molecule has 0 saturated carbocycles. The second-order valence-electron chi connectivity index (χ2n) is 12.3. The number of nitrogens with one attached hydrogen (secondary N) is 1. The standard InChI is InChI=1S/C39H64N2O17/c42-36(6-7-37(43)44)40-8-3-10-47-12-14-49-16-18-51-20-22-53-24-26-55-28-30-57-32-33-58-31-29-56-27-25-54-23-21-52-19-17-50-15-13-48-11-9-41-38(45)34-4-1-2-5-35(34)39(41)46/h1-2,4-5H,3,6-33H2,(H,40,42)(H,43,44). The summed E-state index contributed by atoms with van der Waals surface area (Å²) in [7, 11) is 0. The highest BCUT2D eigenvalue weighted by molar-refractivity contribution is 6.21. The number of hydrogen-bond donors (Lipinski definition) is 2. The highest BCUT2D eigenvalue weighted by atomic mass is 16.6. The van der Waals surface area contributed by atoms with Gasteiger partial charge in [0, 0.05) is 19.6 Å². The second kappa shape index (κ2) is 36.9. The number of carboxylic acids is 1. The lowest BCUT2D eigenvalue weighted by Gasteiger charge is -2.13. The minimum atomic E-state index is -0.988. The largest absolute Gasteiger partial charge is 0.481 e. The van der Waals surface area contributed by atoms with Crippen LogP contribution in [0, 0.1) is 0 Å². The monoisotopic (exact) mass is 832 g/mol. The van der Waals surface area contributed by atoms with E-state index in [1.54, 1.807) is 24.3 Å². The Labute approximate surface area is 341 Å². The number of aliphatic carboxylic acids is 1. The van der Waals surface area contributed by atoms with Gasteiger partial charge in [-0.1, -0.05) is 12.1 Å². The van der Waals surface area contributed by atoms with Crippen LogP contribution in [0.4, 0.5) is 0 Å². The van der Waals surface area contributed by atoms with E-state index in [1.165, 1.54) is 4.90 Å². The van der Waals surface area contributed by atoms with Gasteiger partial charge in [-0.2, -0.15) is 0 Å². The molecule has 0 unspecified atom stereocenters. The minimum absolute atomic E-state index is 0.0168. The molecule has 0 fully saturated rings. The smallest absolute Gasteiger partial charge is 0.303 e. The zero-order valence-corrected chi connectivity index (χ0v) is 33.7. The number of amides is 3. The fourth-order valence-electron chi connectivity index (χ4n) is 4.83. The Morgan fingerprint density at radius 2 is 0.741 bits per heavy atom. The molecule has 0 spiro atoms. The molecular weight excluding hydrogens is 768 g/mol. The number of carbonyl (C=O) groups is 4. The summed E-state index contributed by atoms with van der Waals surface area (Å²) in [5.41, 5.74) is 0.870. The van der Waals surface area contributed by atoms with Gasteiger partial charge in [-0.05, 0) is 18.6 Å². The Balaban J connectivity index is 1.15. The first-order valence-corrected chi connectivity index (χ1v) is 19.9. The first-order chi connectivity index (χ1) is 28.5. The quantitative estimate of drug-likeness (QED) is 0.0689. The summed E-state index contributed by atoms with van der Waals surface area (Å²) in [5.74, 6) is -1.83. The summed E-state index contributed by atoms with van der Waals surface area (Å²) >= 11 is 0. The summed E-state index contributed by atoms with van der Waals surface area (Å²) < 4.78 is 65.6. The van der Waals surface area contributed by atoms with E-state index < -0.39 is 5.97 Å².